The minimum absolute atomic E-state index is 0.392. The lowest BCUT2D eigenvalue weighted by molar-refractivity contribution is -0.0388. The molecule has 2 nitrogen and oxygen atoms in total. The van der Waals surface area contributed by atoms with Crippen LogP contribution in [-0.2, 0) is 4.74 Å². The minimum atomic E-state index is 0.392. The fourth-order valence-corrected chi connectivity index (χ4v) is 1.55. The van der Waals surface area contributed by atoms with Crippen LogP contribution in [0.5, 0.6) is 0 Å². The molecule has 1 aliphatic heterocycles. The minimum Gasteiger partial charge on any atom is -0.381 e. The topological polar surface area (TPSA) is 35.2 Å². The molecule has 2 N–H and O–H groups in total. The van der Waals surface area contributed by atoms with E-state index in [-0.39, 0.29) is 0 Å². The molecule has 0 aromatic rings. The van der Waals surface area contributed by atoms with E-state index < -0.39 is 0 Å². The third kappa shape index (κ3) is 3.21. The molecule has 1 rings (SSSR count). The van der Waals surface area contributed by atoms with Gasteiger partial charge in [0.1, 0.15) is 0 Å². The number of hydrogen-bond acceptors (Lipinski definition) is 2. The second kappa shape index (κ2) is 4.07. The normalized spacial score (nSPS) is 21.8. The van der Waals surface area contributed by atoms with Gasteiger partial charge in [-0.25, -0.2) is 0 Å². The predicted octanol–water partition coefficient (Wildman–Crippen LogP) is 1.40. The zero-order valence-corrected chi connectivity index (χ0v) is 7.55. The Morgan fingerprint density at radius 3 is 2.45 bits per heavy atom. The van der Waals surface area contributed by atoms with Crippen molar-refractivity contribution in [2.24, 2.45) is 17.6 Å². The fraction of sp³-hybridized carbons (Fsp3) is 1.00. The van der Waals surface area contributed by atoms with Gasteiger partial charge in [-0.2, -0.15) is 0 Å². The van der Waals surface area contributed by atoms with Crippen molar-refractivity contribution in [1.29, 1.82) is 0 Å². The highest BCUT2D eigenvalue weighted by atomic mass is 16.5. The summed E-state index contributed by atoms with van der Waals surface area (Å²) in [5.74, 6) is 1.48. The smallest absolute Gasteiger partial charge is 0.0517 e. The first kappa shape index (κ1) is 9.01. The Labute approximate surface area is 69.1 Å². The molecule has 0 aromatic carbocycles. The maximum atomic E-state index is 5.93. The van der Waals surface area contributed by atoms with E-state index in [1.165, 1.54) is 0 Å². The van der Waals surface area contributed by atoms with E-state index >= 15 is 0 Å². The molecule has 0 saturated carbocycles. The SMILES string of the molecule is CC(C)C[C@@H](N)CC1COC1. The van der Waals surface area contributed by atoms with Crippen molar-refractivity contribution in [2.75, 3.05) is 13.2 Å². The van der Waals surface area contributed by atoms with Crippen LogP contribution in [0.25, 0.3) is 0 Å². The van der Waals surface area contributed by atoms with Crippen molar-refractivity contribution < 1.29 is 4.74 Å². The van der Waals surface area contributed by atoms with Crippen molar-refractivity contribution in [1.82, 2.24) is 0 Å². The van der Waals surface area contributed by atoms with Gasteiger partial charge in [0.2, 0.25) is 0 Å². The first-order valence-electron chi connectivity index (χ1n) is 4.51. The number of nitrogens with two attached hydrogens (primary N) is 1. The average Bonchev–Trinajstić information content (AvgIpc) is 1.77. The maximum Gasteiger partial charge on any atom is 0.0517 e. The summed E-state index contributed by atoms with van der Waals surface area (Å²) in [5, 5.41) is 0. The summed E-state index contributed by atoms with van der Waals surface area (Å²) >= 11 is 0. The van der Waals surface area contributed by atoms with Crippen LogP contribution in [0.2, 0.25) is 0 Å². The van der Waals surface area contributed by atoms with Crippen LogP contribution >= 0.6 is 0 Å². The zero-order chi connectivity index (χ0) is 8.27. The summed E-state index contributed by atoms with van der Waals surface area (Å²) in [6, 6.07) is 0.392. The Morgan fingerprint density at radius 2 is 2.09 bits per heavy atom. The van der Waals surface area contributed by atoms with Gasteiger partial charge < -0.3 is 10.5 Å². The van der Waals surface area contributed by atoms with E-state index in [4.69, 9.17) is 10.5 Å². The summed E-state index contributed by atoms with van der Waals surface area (Å²) in [4.78, 5) is 0. The molecule has 1 heterocycles. The highest BCUT2D eigenvalue weighted by Crippen LogP contribution is 2.18. The molecule has 0 amide bonds. The van der Waals surface area contributed by atoms with Crippen molar-refractivity contribution >= 4 is 0 Å². The number of rotatable bonds is 4. The quantitative estimate of drug-likeness (QED) is 0.669. The van der Waals surface area contributed by atoms with Crippen molar-refractivity contribution in [3.05, 3.63) is 0 Å². The van der Waals surface area contributed by atoms with Crippen LogP contribution in [-0.4, -0.2) is 19.3 Å². The van der Waals surface area contributed by atoms with E-state index in [2.05, 4.69) is 13.8 Å². The van der Waals surface area contributed by atoms with Gasteiger partial charge in [0, 0.05) is 12.0 Å². The Kier molecular flexibility index (Phi) is 3.34. The Morgan fingerprint density at radius 1 is 1.45 bits per heavy atom. The highest BCUT2D eigenvalue weighted by molar-refractivity contribution is 4.73. The fourth-order valence-electron chi connectivity index (χ4n) is 1.55. The zero-order valence-electron chi connectivity index (χ0n) is 7.55. The maximum absolute atomic E-state index is 5.93. The summed E-state index contributed by atoms with van der Waals surface area (Å²) in [6.07, 6.45) is 2.30. The van der Waals surface area contributed by atoms with Gasteiger partial charge in [-0.3, -0.25) is 0 Å². The molecular weight excluding hydrogens is 138 g/mol. The monoisotopic (exact) mass is 157 g/mol. The Bertz CT molecular complexity index is 110. The molecule has 2 heteroatoms. The summed E-state index contributed by atoms with van der Waals surface area (Å²) < 4.78 is 5.09. The van der Waals surface area contributed by atoms with E-state index in [9.17, 15) is 0 Å². The second-order valence-electron chi connectivity index (χ2n) is 4.03. The van der Waals surface area contributed by atoms with Gasteiger partial charge in [-0.1, -0.05) is 13.8 Å². The first-order valence-corrected chi connectivity index (χ1v) is 4.51. The average molecular weight is 157 g/mol. The first-order chi connectivity index (χ1) is 5.18. The predicted molar refractivity (Wildman–Crippen MR) is 46.4 cm³/mol. The summed E-state index contributed by atoms with van der Waals surface area (Å²) in [6.45, 7) is 6.31. The lowest BCUT2D eigenvalue weighted by Crippen LogP contribution is -2.34. The molecule has 0 spiro atoms. The third-order valence-electron chi connectivity index (χ3n) is 2.12. The van der Waals surface area contributed by atoms with Crippen LogP contribution in [0, 0.1) is 11.8 Å². The molecule has 0 aliphatic carbocycles. The molecule has 0 aromatic heterocycles. The van der Waals surface area contributed by atoms with Crippen LogP contribution in [0.15, 0.2) is 0 Å². The molecule has 0 unspecified atom stereocenters. The van der Waals surface area contributed by atoms with E-state index in [0.29, 0.717) is 6.04 Å². The van der Waals surface area contributed by atoms with Crippen molar-refractivity contribution in [3.8, 4) is 0 Å². The van der Waals surface area contributed by atoms with Crippen LogP contribution in [0.4, 0.5) is 0 Å². The second-order valence-corrected chi connectivity index (χ2v) is 4.03. The van der Waals surface area contributed by atoms with Crippen LogP contribution < -0.4 is 5.73 Å². The number of ether oxygens (including phenoxy) is 1. The molecule has 0 bridgehead atoms. The van der Waals surface area contributed by atoms with Gasteiger partial charge in [0.05, 0.1) is 13.2 Å². The van der Waals surface area contributed by atoms with E-state index in [1.54, 1.807) is 0 Å². The molecule has 11 heavy (non-hydrogen) atoms. The van der Waals surface area contributed by atoms with Gasteiger partial charge in [0.15, 0.2) is 0 Å². The van der Waals surface area contributed by atoms with E-state index in [1.807, 2.05) is 0 Å². The molecule has 1 saturated heterocycles. The van der Waals surface area contributed by atoms with Gasteiger partial charge >= 0.3 is 0 Å². The molecular formula is C9H19NO. The van der Waals surface area contributed by atoms with Crippen LogP contribution in [0.1, 0.15) is 26.7 Å². The third-order valence-corrected chi connectivity index (χ3v) is 2.12. The molecule has 66 valence electrons. The van der Waals surface area contributed by atoms with Crippen molar-refractivity contribution in [2.45, 2.75) is 32.7 Å². The summed E-state index contributed by atoms with van der Waals surface area (Å²) in [7, 11) is 0. The highest BCUT2D eigenvalue weighted by Gasteiger charge is 2.21. The molecule has 1 aliphatic rings. The van der Waals surface area contributed by atoms with Crippen LogP contribution in [0.3, 0.4) is 0 Å². The van der Waals surface area contributed by atoms with Gasteiger partial charge in [-0.05, 0) is 18.8 Å². The number of hydrogen-bond donors (Lipinski definition) is 1. The molecule has 1 fully saturated rings. The van der Waals surface area contributed by atoms with E-state index in [0.717, 1.165) is 37.9 Å². The Hall–Kier alpha value is -0.0800. The Balaban J connectivity index is 2.04. The summed E-state index contributed by atoms with van der Waals surface area (Å²) in [5.41, 5.74) is 5.93. The standard InChI is InChI=1S/C9H19NO/c1-7(2)3-9(10)4-8-5-11-6-8/h7-9H,3-6,10H2,1-2H3/t9-/m1/s1. The molecule has 0 radical (unpaired) electrons. The lowest BCUT2D eigenvalue weighted by Gasteiger charge is -2.28. The lowest BCUT2D eigenvalue weighted by atomic mass is 9.93. The van der Waals surface area contributed by atoms with Gasteiger partial charge in [0.25, 0.3) is 0 Å². The molecule has 1 atom stereocenters. The largest absolute Gasteiger partial charge is 0.381 e. The van der Waals surface area contributed by atoms with Crippen molar-refractivity contribution in [3.63, 3.8) is 0 Å². The van der Waals surface area contributed by atoms with Gasteiger partial charge in [-0.15, -0.1) is 0 Å².